The summed E-state index contributed by atoms with van der Waals surface area (Å²) in [7, 11) is 0. The molecule has 0 saturated carbocycles. The van der Waals surface area contributed by atoms with Crippen molar-refractivity contribution in [1.82, 2.24) is 14.7 Å². The van der Waals surface area contributed by atoms with E-state index in [1.165, 1.54) is 12.1 Å². The minimum Gasteiger partial charge on any atom is -0.488 e. The van der Waals surface area contributed by atoms with Crippen LogP contribution in [0.3, 0.4) is 0 Å². The van der Waals surface area contributed by atoms with Crippen LogP contribution in [0.4, 0.5) is 14.0 Å². The fourth-order valence-corrected chi connectivity index (χ4v) is 5.73. The van der Waals surface area contributed by atoms with Crippen molar-refractivity contribution in [2.45, 2.75) is 64.9 Å². The van der Waals surface area contributed by atoms with Gasteiger partial charge < -0.3 is 28.9 Å². The van der Waals surface area contributed by atoms with E-state index < -0.39 is 11.7 Å². The first kappa shape index (κ1) is 32.8. The van der Waals surface area contributed by atoms with Crippen molar-refractivity contribution >= 4 is 18.1 Å². The molecule has 2 fully saturated rings. The number of hydrogen-bond donors (Lipinski definition) is 0. The smallest absolute Gasteiger partial charge is 0.410 e. The van der Waals surface area contributed by atoms with Crippen LogP contribution in [0.1, 0.15) is 56.5 Å². The molecule has 0 unspecified atom stereocenters. The molecule has 5 rings (SSSR count). The van der Waals surface area contributed by atoms with Gasteiger partial charge in [-0.1, -0.05) is 49.4 Å². The first-order valence-corrected chi connectivity index (χ1v) is 15.8. The Kier molecular flexibility index (Phi) is 10.1. The number of halogens is 1. The van der Waals surface area contributed by atoms with Gasteiger partial charge in [-0.05, 0) is 68.7 Å². The summed E-state index contributed by atoms with van der Waals surface area (Å²) in [5, 5.41) is 0. The normalized spacial score (nSPS) is 18.3. The summed E-state index contributed by atoms with van der Waals surface area (Å²) in [6.07, 6.45) is 0.238. The Morgan fingerprint density at radius 2 is 1.59 bits per heavy atom. The lowest BCUT2D eigenvalue weighted by molar-refractivity contribution is 0.0275. The van der Waals surface area contributed by atoms with Crippen molar-refractivity contribution in [3.8, 4) is 16.9 Å². The van der Waals surface area contributed by atoms with Crippen molar-refractivity contribution in [3.63, 3.8) is 0 Å². The Morgan fingerprint density at radius 1 is 0.870 bits per heavy atom. The highest BCUT2D eigenvalue weighted by molar-refractivity contribution is 5.96. The standard InChI is InChI=1S/C36H42FN3O6/c1-5-29-22-39(34(42)44-24-25-9-7-6-8-10-25)19-20-40(29)33(41)27-13-16-32(31(21-27)26-11-14-28(37)15-12-26)45-30-17-18-38(23-30)35(43)46-36(2,3)4/h6-16,21,29-30H,5,17-20,22-24H2,1-4H3/t29-,30-/m0/s1. The zero-order valence-electron chi connectivity index (χ0n) is 26.9. The number of rotatable bonds is 7. The summed E-state index contributed by atoms with van der Waals surface area (Å²) in [6, 6.07) is 20.7. The van der Waals surface area contributed by atoms with Crippen LogP contribution < -0.4 is 4.74 Å². The van der Waals surface area contributed by atoms with E-state index in [9.17, 15) is 18.8 Å². The predicted molar refractivity (Wildman–Crippen MR) is 172 cm³/mol. The number of piperazine rings is 1. The third-order valence-corrected chi connectivity index (χ3v) is 8.15. The highest BCUT2D eigenvalue weighted by Gasteiger charge is 2.34. The van der Waals surface area contributed by atoms with Gasteiger partial charge in [0.1, 0.15) is 29.9 Å². The summed E-state index contributed by atoms with van der Waals surface area (Å²) < 4.78 is 31.3. The van der Waals surface area contributed by atoms with Gasteiger partial charge in [0.25, 0.3) is 5.91 Å². The molecule has 3 amide bonds. The van der Waals surface area contributed by atoms with Crippen LogP contribution in [0.25, 0.3) is 11.1 Å². The molecule has 0 radical (unpaired) electrons. The third kappa shape index (κ3) is 8.16. The third-order valence-electron chi connectivity index (χ3n) is 8.15. The lowest BCUT2D eigenvalue weighted by Crippen LogP contribution is -2.56. The minimum atomic E-state index is -0.594. The molecule has 3 aromatic carbocycles. The highest BCUT2D eigenvalue weighted by Crippen LogP contribution is 2.34. The molecule has 0 spiro atoms. The van der Waals surface area contributed by atoms with Gasteiger partial charge in [-0.3, -0.25) is 4.79 Å². The van der Waals surface area contributed by atoms with Crippen molar-refractivity contribution in [2.24, 2.45) is 0 Å². The van der Waals surface area contributed by atoms with Gasteiger partial charge in [0, 0.05) is 49.8 Å². The topological polar surface area (TPSA) is 88.6 Å². The number of likely N-dealkylation sites (tertiary alicyclic amines) is 1. The minimum absolute atomic E-state index is 0.156. The molecule has 2 atom stereocenters. The van der Waals surface area contributed by atoms with Gasteiger partial charge in [-0.25, -0.2) is 14.0 Å². The van der Waals surface area contributed by atoms with E-state index in [4.69, 9.17) is 14.2 Å². The van der Waals surface area contributed by atoms with Crippen molar-refractivity contribution in [3.05, 3.63) is 89.7 Å². The molecule has 0 bridgehead atoms. The number of nitrogens with zero attached hydrogens (tertiary/aromatic N) is 3. The van der Waals surface area contributed by atoms with E-state index in [1.807, 2.05) is 58.0 Å². The highest BCUT2D eigenvalue weighted by atomic mass is 19.1. The zero-order chi connectivity index (χ0) is 32.8. The fourth-order valence-electron chi connectivity index (χ4n) is 5.73. The molecule has 2 aliphatic rings. The summed E-state index contributed by atoms with van der Waals surface area (Å²) in [4.78, 5) is 44.4. The maximum atomic E-state index is 13.9. The van der Waals surface area contributed by atoms with E-state index in [0.717, 1.165) is 5.56 Å². The molecule has 244 valence electrons. The maximum Gasteiger partial charge on any atom is 0.410 e. The quantitative estimate of drug-likeness (QED) is 0.287. The second-order valence-corrected chi connectivity index (χ2v) is 12.7. The summed E-state index contributed by atoms with van der Waals surface area (Å²) in [6.45, 7) is 9.65. The molecule has 2 aliphatic heterocycles. The summed E-state index contributed by atoms with van der Waals surface area (Å²) in [5.74, 6) is 0.0152. The Morgan fingerprint density at radius 3 is 2.28 bits per heavy atom. The largest absolute Gasteiger partial charge is 0.488 e. The van der Waals surface area contributed by atoms with Crippen LogP contribution >= 0.6 is 0 Å². The van der Waals surface area contributed by atoms with E-state index in [-0.39, 0.29) is 36.6 Å². The molecule has 10 heteroatoms. The summed E-state index contributed by atoms with van der Waals surface area (Å²) >= 11 is 0. The van der Waals surface area contributed by atoms with Crippen LogP contribution in [0.5, 0.6) is 5.75 Å². The van der Waals surface area contributed by atoms with Crippen LogP contribution in [0, 0.1) is 5.82 Å². The van der Waals surface area contributed by atoms with Crippen molar-refractivity contribution < 1.29 is 33.0 Å². The lowest BCUT2D eigenvalue weighted by Gasteiger charge is -2.40. The second kappa shape index (κ2) is 14.2. The first-order valence-electron chi connectivity index (χ1n) is 15.8. The number of amides is 3. The number of benzene rings is 3. The Balaban J connectivity index is 1.29. The van der Waals surface area contributed by atoms with Crippen LogP contribution in [-0.2, 0) is 16.1 Å². The average Bonchev–Trinajstić information content (AvgIpc) is 3.52. The predicted octanol–water partition coefficient (Wildman–Crippen LogP) is 6.75. The van der Waals surface area contributed by atoms with Gasteiger partial charge in [-0.2, -0.15) is 0 Å². The van der Waals surface area contributed by atoms with Gasteiger partial charge in [0.05, 0.1) is 6.54 Å². The molecule has 2 saturated heterocycles. The van der Waals surface area contributed by atoms with Crippen molar-refractivity contribution in [2.75, 3.05) is 32.7 Å². The van der Waals surface area contributed by atoms with Crippen LogP contribution in [-0.4, -0.2) is 83.3 Å². The fraction of sp³-hybridized carbons (Fsp3) is 0.417. The molecule has 2 heterocycles. The zero-order valence-corrected chi connectivity index (χ0v) is 26.9. The van der Waals surface area contributed by atoms with Crippen LogP contribution in [0.2, 0.25) is 0 Å². The molecule has 0 N–H and O–H groups in total. The molecule has 0 aliphatic carbocycles. The van der Waals surface area contributed by atoms with Gasteiger partial charge in [-0.15, -0.1) is 0 Å². The van der Waals surface area contributed by atoms with Crippen LogP contribution in [0.15, 0.2) is 72.8 Å². The van der Waals surface area contributed by atoms with Gasteiger partial charge in [0.2, 0.25) is 0 Å². The van der Waals surface area contributed by atoms with E-state index in [2.05, 4.69) is 0 Å². The lowest BCUT2D eigenvalue weighted by atomic mass is 10.00. The molecular weight excluding hydrogens is 589 g/mol. The van der Waals surface area contributed by atoms with E-state index >= 15 is 0 Å². The SMILES string of the molecule is CC[C@H]1CN(C(=O)OCc2ccccc2)CCN1C(=O)c1ccc(O[C@H]2CCN(C(=O)OC(C)(C)C)C2)c(-c2ccc(F)cc2)c1. The second-order valence-electron chi connectivity index (χ2n) is 12.7. The Hall–Kier alpha value is -4.60. The number of carbonyl (C=O) groups excluding carboxylic acids is 3. The molecule has 3 aromatic rings. The number of hydrogen-bond acceptors (Lipinski definition) is 6. The molecular formula is C36H42FN3O6. The van der Waals surface area contributed by atoms with Crippen molar-refractivity contribution in [1.29, 1.82) is 0 Å². The van der Waals surface area contributed by atoms with Gasteiger partial charge in [0.15, 0.2) is 0 Å². The monoisotopic (exact) mass is 631 g/mol. The number of carbonyl (C=O) groups is 3. The molecule has 46 heavy (non-hydrogen) atoms. The summed E-state index contributed by atoms with van der Waals surface area (Å²) in [5.41, 5.74) is 2.13. The molecule has 0 aromatic heterocycles. The number of ether oxygens (including phenoxy) is 3. The average molecular weight is 632 g/mol. The van der Waals surface area contributed by atoms with E-state index in [0.29, 0.717) is 68.0 Å². The maximum absolute atomic E-state index is 13.9. The van der Waals surface area contributed by atoms with E-state index in [1.54, 1.807) is 45.0 Å². The Bertz CT molecular complexity index is 1520. The Labute approximate surface area is 269 Å². The van der Waals surface area contributed by atoms with Gasteiger partial charge >= 0.3 is 12.2 Å². The molecule has 9 nitrogen and oxygen atoms in total. The first-order chi connectivity index (χ1) is 22.0.